The molecule has 1 nitrogen and oxygen atoms in total. The highest BCUT2D eigenvalue weighted by atomic mass is 14.5. The van der Waals surface area contributed by atoms with E-state index in [1.54, 1.807) is 0 Å². The second kappa shape index (κ2) is 2.60. The molecule has 1 aromatic rings. The Kier molecular flexibility index (Phi) is 1.50. The summed E-state index contributed by atoms with van der Waals surface area (Å²) < 4.78 is 0. The van der Waals surface area contributed by atoms with Crippen LogP contribution in [0.15, 0.2) is 24.3 Å². The summed E-state index contributed by atoms with van der Waals surface area (Å²) in [5.41, 5.74) is 2.60. The number of rotatable bonds is 2. The first-order chi connectivity index (χ1) is 6.84. The van der Waals surface area contributed by atoms with Crippen molar-refractivity contribution in [2.75, 3.05) is 0 Å². The number of hydrogen-bond donors (Lipinski definition) is 0. The smallest absolute Gasteiger partial charge is 0.0823 e. The minimum atomic E-state index is -0.106. The molecule has 2 saturated carbocycles. The summed E-state index contributed by atoms with van der Waals surface area (Å²) in [7, 11) is 0. The van der Waals surface area contributed by atoms with E-state index in [0.717, 1.165) is 18.8 Å². The Labute approximate surface area is 84.4 Å². The standard InChI is InChI=1S/C13H13N/c14-9-13(6-7-13)12-3-1-2-11(8-12)10-4-5-10/h1-3,8,10H,4-7H2. The van der Waals surface area contributed by atoms with E-state index in [1.807, 2.05) is 0 Å². The lowest BCUT2D eigenvalue weighted by Gasteiger charge is -2.07. The minimum Gasteiger partial charge on any atom is -0.197 e. The van der Waals surface area contributed by atoms with Crippen molar-refractivity contribution in [3.8, 4) is 6.07 Å². The Morgan fingerprint density at radius 3 is 2.64 bits per heavy atom. The van der Waals surface area contributed by atoms with Crippen molar-refractivity contribution in [3.63, 3.8) is 0 Å². The first kappa shape index (κ1) is 8.05. The highest BCUT2D eigenvalue weighted by Crippen LogP contribution is 2.49. The fourth-order valence-electron chi connectivity index (χ4n) is 2.10. The minimum absolute atomic E-state index is 0.106. The summed E-state index contributed by atoms with van der Waals surface area (Å²) in [5, 5.41) is 9.11. The number of nitrogens with zero attached hydrogens (tertiary/aromatic N) is 1. The maximum atomic E-state index is 9.11. The molecule has 2 fully saturated rings. The van der Waals surface area contributed by atoms with Crippen LogP contribution in [0, 0.1) is 11.3 Å². The van der Waals surface area contributed by atoms with Gasteiger partial charge in [-0.05, 0) is 42.7 Å². The number of benzene rings is 1. The Morgan fingerprint density at radius 2 is 2.07 bits per heavy atom. The summed E-state index contributed by atoms with van der Waals surface area (Å²) in [6, 6.07) is 11.1. The van der Waals surface area contributed by atoms with Crippen LogP contribution in [-0.4, -0.2) is 0 Å². The van der Waals surface area contributed by atoms with Crippen molar-refractivity contribution in [2.24, 2.45) is 0 Å². The monoisotopic (exact) mass is 183 g/mol. The molecule has 1 heteroatoms. The molecule has 0 saturated heterocycles. The van der Waals surface area contributed by atoms with E-state index in [0.29, 0.717) is 0 Å². The molecule has 3 rings (SSSR count). The van der Waals surface area contributed by atoms with Gasteiger partial charge in [0.15, 0.2) is 0 Å². The topological polar surface area (TPSA) is 23.8 Å². The van der Waals surface area contributed by atoms with E-state index in [4.69, 9.17) is 5.26 Å². The van der Waals surface area contributed by atoms with Gasteiger partial charge in [0.1, 0.15) is 0 Å². The van der Waals surface area contributed by atoms with Crippen molar-refractivity contribution >= 4 is 0 Å². The molecule has 0 spiro atoms. The highest BCUT2D eigenvalue weighted by Gasteiger charge is 2.45. The number of nitriles is 1. The maximum Gasteiger partial charge on any atom is 0.0823 e. The average molecular weight is 183 g/mol. The van der Waals surface area contributed by atoms with Crippen LogP contribution >= 0.6 is 0 Å². The zero-order valence-electron chi connectivity index (χ0n) is 8.16. The molecule has 2 aliphatic carbocycles. The van der Waals surface area contributed by atoms with Gasteiger partial charge < -0.3 is 0 Å². The summed E-state index contributed by atoms with van der Waals surface area (Å²) in [5.74, 6) is 0.796. The van der Waals surface area contributed by atoms with E-state index >= 15 is 0 Å². The molecule has 14 heavy (non-hydrogen) atoms. The second-order valence-electron chi connectivity index (χ2n) is 4.59. The fourth-order valence-corrected chi connectivity index (χ4v) is 2.10. The third kappa shape index (κ3) is 1.14. The molecule has 0 bridgehead atoms. The van der Waals surface area contributed by atoms with Gasteiger partial charge in [0.05, 0.1) is 11.5 Å². The quantitative estimate of drug-likeness (QED) is 0.691. The summed E-state index contributed by atoms with van der Waals surface area (Å²) >= 11 is 0. The van der Waals surface area contributed by atoms with E-state index in [2.05, 4.69) is 30.3 Å². The summed E-state index contributed by atoms with van der Waals surface area (Å²) in [6.07, 6.45) is 4.78. The van der Waals surface area contributed by atoms with Crippen LogP contribution in [-0.2, 0) is 5.41 Å². The van der Waals surface area contributed by atoms with Crippen molar-refractivity contribution in [1.29, 1.82) is 5.26 Å². The average Bonchev–Trinajstić information content (AvgIpc) is 3.12. The van der Waals surface area contributed by atoms with Crippen LogP contribution < -0.4 is 0 Å². The van der Waals surface area contributed by atoms with Crippen molar-refractivity contribution < 1.29 is 0 Å². The largest absolute Gasteiger partial charge is 0.197 e. The molecule has 0 aromatic heterocycles. The van der Waals surface area contributed by atoms with E-state index < -0.39 is 0 Å². The van der Waals surface area contributed by atoms with Crippen molar-refractivity contribution in [3.05, 3.63) is 35.4 Å². The zero-order chi connectivity index (χ0) is 9.60. The molecule has 0 atom stereocenters. The van der Waals surface area contributed by atoms with Crippen LogP contribution in [0.4, 0.5) is 0 Å². The predicted molar refractivity (Wildman–Crippen MR) is 54.9 cm³/mol. The summed E-state index contributed by atoms with van der Waals surface area (Å²) in [6.45, 7) is 0. The SMILES string of the molecule is N#CC1(c2cccc(C3CC3)c2)CC1. The lowest BCUT2D eigenvalue weighted by Crippen LogP contribution is -2.02. The molecule has 2 aliphatic rings. The van der Waals surface area contributed by atoms with Crippen LogP contribution in [0.5, 0.6) is 0 Å². The highest BCUT2D eigenvalue weighted by molar-refractivity contribution is 5.42. The summed E-state index contributed by atoms with van der Waals surface area (Å²) in [4.78, 5) is 0. The van der Waals surface area contributed by atoms with Gasteiger partial charge in [-0.2, -0.15) is 5.26 Å². The molecule has 0 unspecified atom stereocenters. The van der Waals surface area contributed by atoms with Crippen LogP contribution in [0.2, 0.25) is 0 Å². The normalized spacial score (nSPS) is 22.8. The molecular formula is C13H13N. The Balaban J connectivity index is 1.99. The van der Waals surface area contributed by atoms with Crippen LogP contribution in [0.3, 0.4) is 0 Å². The first-order valence-electron chi connectivity index (χ1n) is 5.36. The van der Waals surface area contributed by atoms with E-state index in [9.17, 15) is 0 Å². The predicted octanol–water partition coefficient (Wildman–Crippen LogP) is 3.12. The maximum absolute atomic E-state index is 9.11. The van der Waals surface area contributed by atoms with Gasteiger partial charge in [0.2, 0.25) is 0 Å². The van der Waals surface area contributed by atoms with Gasteiger partial charge in [0.25, 0.3) is 0 Å². The molecule has 0 amide bonds. The fraction of sp³-hybridized carbons (Fsp3) is 0.462. The van der Waals surface area contributed by atoms with E-state index in [1.165, 1.54) is 24.0 Å². The van der Waals surface area contributed by atoms with Gasteiger partial charge in [-0.25, -0.2) is 0 Å². The van der Waals surface area contributed by atoms with Gasteiger partial charge in [0, 0.05) is 0 Å². The van der Waals surface area contributed by atoms with Crippen molar-refractivity contribution in [1.82, 2.24) is 0 Å². The molecule has 70 valence electrons. The Morgan fingerprint density at radius 1 is 1.29 bits per heavy atom. The molecule has 0 aliphatic heterocycles. The van der Waals surface area contributed by atoms with Gasteiger partial charge in [-0.15, -0.1) is 0 Å². The third-order valence-electron chi connectivity index (χ3n) is 3.45. The second-order valence-corrected chi connectivity index (χ2v) is 4.59. The molecule has 0 radical (unpaired) electrons. The lowest BCUT2D eigenvalue weighted by molar-refractivity contribution is 0.901. The van der Waals surface area contributed by atoms with Crippen molar-refractivity contribution in [2.45, 2.75) is 37.0 Å². The molecule has 0 N–H and O–H groups in total. The Bertz CT molecular complexity index is 405. The molecule has 0 heterocycles. The first-order valence-corrected chi connectivity index (χ1v) is 5.36. The number of hydrogen-bond acceptors (Lipinski definition) is 1. The lowest BCUT2D eigenvalue weighted by atomic mass is 9.95. The Hall–Kier alpha value is -1.29. The van der Waals surface area contributed by atoms with Crippen LogP contribution in [0.1, 0.15) is 42.7 Å². The van der Waals surface area contributed by atoms with E-state index in [-0.39, 0.29) is 5.41 Å². The van der Waals surface area contributed by atoms with Gasteiger partial charge in [-0.1, -0.05) is 24.3 Å². The van der Waals surface area contributed by atoms with Gasteiger partial charge in [-0.3, -0.25) is 0 Å². The third-order valence-corrected chi connectivity index (χ3v) is 3.45. The zero-order valence-corrected chi connectivity index (χ0v) is 8.16. The van der Waals surface area contributed by atoms with Crippen LogP contribution in [0.25, 0.3) is 0 Å². The van der Waals surface area contributed by atoms with Gasteiger partial charge >= 0.3 is 0 Å². The molecule has 1 aromatic carbocycles. The molecular weight excluding hydrogens is 170 g/mol.